The van der Waals surface area contributed by atoms with Crippen LogP contribution < -0.4 is 20.5 Å². The summed E-state index contributed by atoms with van der Waals surface area (Å²) in [6, 6.07) is 2.86. The van der Waals surface area contributed by atoms with Crippen LogP contribution in [0.3, 0.4) is 0 Å². The van der Waals surface area contributed by atoms with Gasteiger partial charge in [0.1, 0.15) is 13.2 Å². The van der Waals surface area contributed by atoms with Gasteiger partial charge in [0, 0.05) is 35.7 Å². The second-order valence-electron chi connectivity index (χ2n) is 10.7. The summed E-state index contributed by atoms with van der Waals surface area (Å²) in [5.74, 6) is -1.02. The number of ether oxygens (including phenoxy) is 3. The van der Waals surface area contributed by atoms with Gasteiger partial charge in [0.2, 0.25) is 5.60 Å². The SMILES string of the molecule is CCc1c2c(nc3cc(F)c4c(c13)N(C)CCO4)-c1cc3c(c(=O)n1C2)COC(=O)[C@@]3(CC)OC(=O)NC(C)C. The number of likely N-dealkylation sites (N-methyl/N-ethyl adjacent to an activating group) is 1. The molecule has 0 fully saturated rings. The number of anilines is 1. The number of nitrogens with one attached hydrogen (secondary N) is 1. The second-order valence-corrected chi connectivity index (χ2v) is 10.7. The minimum atomic E-state index is -1.79. The van der Waals surface area contributed by atoms with Gasteiger partial charge in [-0.15, -0.1) is 0 Å². The molecule has 40 heavy (non-hydrogen) atoms. The summed E-state index contributed by atoms with van der Waals surface area (Å²) in [6.07, 6.45) is -0.101. The molecular weight excluding hydrogens is 519 g/mol. The highest BCUT2D eigenvalue weighted by Crippen LogP contribution is 2.46. The van der Waals surface area contributed by atoms with Gasteiger partial charge in [-0.05, 0) is 38.3 Å². The summed E-state index contributed by atoms with van der Waals surface area (Å²) in [5, 5.41) is 3.44. The zero-order chi connectivity index (χ0) is 28.5. The second kappa shape index (κ2) is 9.21. The Balaban J connectivity index is 1.59. The topological polar surface area (TPSA) is 112 Å². The molecule has 0 radical (unpaired) electrons. The molecule has 11 heteroatoms. The first-order chi connectivity index (χ1) is 19.1. The first-order valence-corrected chi connectivity index (χ1v) is 13.6. The first-order valence-electron chi connectivity index (χ1n) is 13.6. The number of fused-ring (bicyclic) bond motifs is 7. The van der Waals surface area contributed by atoms with Gasteiger partial charge >= 0.3 is 12.1 Å². The molecule has 0 saturated heterocycles. The fourth-order valence-electron chi connectivity index (χ4n) is 6.14. The Kier molecular flexibility index (Phi) is 6.01. The van der Waals surface area contributed by atoms with Crippen LogP contribution in [0, 0.1) is 5.82 Å². The molecule has 0 saturated carbocycles. The molecule has 0 bridgehead atoms. The number of hydrogen-bond donors (Lipinski definition) is 1. The van der Waals surface area contributed by atoms with E-state index in [0.29, 0.717) is 47.7 Å². The number of alkyl carbamates (subject to hydrolysis) is 1. The van der Waals surface area contributed by atoms with Crippen LogP contribution in [-0.4, -0.2) is 47.9 Å². The summed E-state index contributed by atoms with van der Waals surface area (Å²) in [7, 11) is 1.90. The third kappa shape index (κ3) is 3.59. The highest BCUT2D eigenvalue weighted by Gasteiger charge is 2.50. The van der Waals surface area contributed by atoms with Crippen LogP contribution in [0.1, 0.15) is 56.4 Å². The van der Waals surface area contributed by atoms with Crippen LogP contribution >= 0.6 is 0 Å². The highest BCUT2D eigenvalue weighted by atomic mass is 19.1. The zero-order valence-electron chi connectivity index (χ0n) is 23.1. The molecule has 2 aromatic heterocycles. The van der Waals surface area contributed by atoms with E-state index in [1.54, 1.807) is 31.4 Å². The van der Waals surface area contributed by atoms with E-state index in [0.717, 1.165) is 16.5 Å². The number of aryl methyl sites for hydroxylation is 1. The lowest BCUT2D eigenvalue weighted by molar-refractivity contribution is -0.172. The van der Waals surface area contributed by atoms with E-state index in [1.165, 1.54) is 6.07 Å². The van der Waals surface area contributed by atoms with Gasteiger partial charge in [0.05, 0.1) is 41.2 Å². The number of benzene rings is 1. The van der Waals surface area contributed by atoms with Crippen LogP contribution in [0.4, 0.5) is 14.9 Å². The van der Waals surface area contributed by atoms with Crippen molar-refractivity contribution in [1.82, 2.24) is 14.9 Å². The van der Waals surface area contributed by atoms with Crippen molar-refractivity contribution in [1.29, 1.82) is 0 Å². The van der Waals surface area contributed by atoms with Gasteiger partial charge in [-0.25, -0.2) is 19.0 Å². The number of cyclic esters (lactones) is 1. The van der Waals surface area contributed by atoms with Crippen LogP contribution in [0.25, 0.3) is 22.3 Å². The lowest BCUT2D eigenvalue weighted by Gasteiger charge is -2.35. The van der Waals surface area contributed by atoms with Crippen molar-refractivity contribution >= 4 is 28.7 Å². The van der Waals surface area contributed by atoms with Crippen LogP contribution in [0.2, 0.25) is 0 Å². The number of pyridine rings is 2. The van der Waals surface area contributed by atoms with Crippen molar-refractivity contribution in [3.63, 3.8) is 0 Å². The molecule has 3 aliphatic rings. The number of aromatic nitrogens is 2. The van der Waals surface area contributed by atoms with E-state index in [2.05, 4.69) is 5.32 Å². The normalized spacial score (nSPS) is 19.0. The van der Waals surface area contributed by atoms with Crippen LogP contribution in [0.15, 0.2) is 16.9 Å². The molecule has 210 valence electrons. The quantitative estimate of drug-likeness (QED) is 0.383. The van der Waals surface area contributed by atoms with E-state index in [9.17, 15) is 14.4 Å². The molecule has 0 unspecified atom stereocenters. The summed E-state index contributed by atoms with van der Waals surface area (Å²) in [5.41, 5.74) is 2.36. The van der Waals surface area contributed by atoms with Gasteiger partial charge in [-0.3, -0.25) is 4.79 Å². The fourth-order valence-corrected chi connectivity index (χ4v) is 6.14. The van der Waals surface area contributed by atoms with E-state index in [-0.39, 0.29) is 42.5 Å². The van der Waals surface area contributed by atoms with Crippen molar-refractivity contribution in [2.75, 3.05) is 25.1 Å². The third-order valence-corrected chi connectivity index (χ3v) is 8.02. The van der Waals surface area contributed by atoms with Crippen LogP contribution in [0.5, 0.6) is 5.75 Å². The molecule has 1 aromatic carbocycles. The highest BCUT2D eigenvalue weighted by molar-refractivity contribution is 6.01. The molecule has 10 nitrogen and oxygen atoms in total. The maximum Gasteiger partial charge on any atom is 0.408 e. The van der Waals surface area contributed by atoms with E-state index < -0.39 is 23.5 Å². The maximum absolute atomic E-state index is 15.2. The number of rotatable bonds is 4. The minimum Gasteiger partial charge on any atom is -0.486 e. The van der Waals surface area contributed by atoms with Crippen LogP contribution in [-0.2, 0) is 39.4 Å². The Labute approximate surface area is 230 Å². The smallest absolute Gasteiger partial charge is 0.408 e. The largest absolute Gasteiger partial charge is 0.486 e. The minimum absolute atomic E-state index is 0.0646. The summed E-state index contributed by atoms with van der Waals surface area (Å²) < 4.78 is 33.6. The predicted octanol–water partition coefficient (Wildman–Crippen LogP) is 3.75. The Bertz CT molecular complexity index is 1670. The summed E-state index contributed by atoms with van der Waals surface area (Å²) in [6.45, 7) is 8.29. The molecule has 5 heterocycles. The average Bonchev–Trinajstić information content (AvgIpc) is 3.27. The Morgan fingerprint density at radius 3 is 2.70 bits per heavy atom. The number of nitrogens with zero attached hydrogens (tertiary/aromatic N) is 3. The van der Waals surface area contributed by atoms with E-state index in [4.69, 9.17) is 19.2 Å². The number of carbonyl (C=O) groups excluding carboxylic acids is 2. The number of esters is 1. The molecule has 1 amide bonds. The molecule has 0 aliphatic carbocycles. The number of amides is 1. The first kappa shape index (κ1) is 26.1. The average molecular weight is 551 g/mol. The molecular formula is C29H31FN4O6. The Hall–Kier alpha value is -4.15. The zero-order valence-corrected chi connectivity index (χ0v) is 23.1. The van der Waals surface area contributed by atoms with Gasteiger partial charge in [0.25, 0.3) is 5.56 Å². The maximum atomic E-state index is 15.2. The number of carbonyl (C=O) groups is 2. The number of hydrogen-bond acceptors (Lipinski definition) is 8. The van der Waals surface area contributed by atoms with Crippen molar-refractivity contribution in [3.8, 4) is 17.1 Å². The van der Waals surface area contributed by atoms with Crippen molar-refractivity contribution in [2.45, 2.75) is 65.3 Å². The molecule has 6 rings (SSSR count). The monoisotopic (exact) mass is 550 g/mol. The lowest BCUT2D eigenvalue weighted by Crippen LogP contribution is -2.49. The van der Waals surface area contributed by atoms with Crippen molar-refractivity contribution < 1.29 is 28.2 Å². The Morgan fingerprint density at radius 2 is 2.00 bits per heavy atom. The molecule has 1 atom stereocenters. The van der Waals surface area contributed by atoms with Gasteiger partial charge in [0.15, 0.2) is 11.6 Å². The van der Waals surface area contributed by atoms with Crippen molar-refractivity contribution in [3.05, 3.63) is 50.6 Å². The van der Waals surface area contributed by atoms with Gasteiger partial charge in [-0.1, -0.05) is 13.8 Å². The van der Waals surface area contributed by atoms with Gasteiger partial charge in [-0.2, -0.15) is 0 Å². The van der Waals surface area contributed by atoms with E-state index >= 15 is 4.39 Å². The standard InChI is InChI=1S/C29H31FN4O6/c1-6-15-16-12-34-21(23(16)32-20-11-19(30)25-24(22(15)20)33(5)8-9-38-25)10-18-17(26(34)35)13-39-27(36)29(18,7-2)40-28(37)31-14(3)4/h10-11,14H,6-9,12-13H2,1-5H3,(H,31,37)/t29-/m0/s1. The Morgan fingerprint density at radius 1 is 1.23 bits per heavy atom. The van der Waals surface area contributed by atoms with E-state index in [1.807, 2.05) is 18.9 Å². The number of halogens is 1. The van der Waals surface area contributed by atoms with Gasteiger partial charge < -0.3 is 29.0 Å². The fraction of sp³-hybridized carbons (Fsp3) is 0.448. The third-order valence-electron chi connectivity index (χ3n) is 8.02. The molecule has 3 aliphatic heterocycles. The summed E-state index contributed by atoms with van der Waals surface area (Å²) in [4.78, 5) is 46.6. The predicted molar refractivity (Wildman–Crippen MR) is 145 cm³/mol. The molecule has 0 spiro atoms. The van der Waals surface area contributed by atoms with Crippen molar-refractivity contribution in [2.24, 2.45) is 0 Å². The molecule has 3 aromatic rings. The lowest BCUT2D eigenvalue weighted by atomic mass is 9.85. The molecule has 1 N–H and O–H groups in total. The summed E-state index contributed by atoms with van der Waals surface area (Å²) >= 11 is 0.